The highest BCUT2D eigenvalue weighted by Crippen LogP contribution is 2.19. The van der Waals surface area contributed by atoms with Crippen molar-refractivity contribution in [3.05, 3.63) is 0 Å². The lowest BCUT2D eigenvalue weighted by Gasteiger charge is -2.16. The summed E-state index contributed by atoms with van der Waals surface area (Å²) in [6.07, 6.45) is 1.31. The molecule has 4 nitrogen and oxygen atoms in total. The topological polar surface area (TPSA) is 64.4 Å². The van der Waals surface area contributed by atoms with E-state index in [-0.39, 0.29) is 17.9 Å². The molecule has 0 aromatic carbocycles. The molecule has 0 aromatic rings. The zero-order chi connectivity index (χ0) is 10.6. The maximum Gasteiger partial charge on any atom is 0.224 e. The van der Waals surface area contributed by atoms with Gasteiger partial charge in [0.1, 0.15) is 0 Å². The van der Waals surface area contributed by atoms with Gasteiger partial charge in [-0.15, -0.1) is 0 Å². The molecule has 3 atom stereocenters. The first-order valence-corrected chi connectivity index (χ1v) is 5.24. The van der Waals surface area contributed by atoms with Crippen LogP contribution in [0.2, 0.25) is 0 Å². The Balaban J connectivity index is 2.22. The summed E-state index contributed by atoms with van der Waals surface area (Å²) in [6.45, 7) is 5.82. The number of ether oxygens (including phenoxy) is 1. The van der Waals surface area contributed by atoms with Gasteiger partial charge < -0.3 is 15.8 Å². The number of hydrogen-bond acceptors (Lipinski definition) is 3. The average molecular weight is 200 g/mol. The van der Waals surface area contributed by atoms with Gasteiger partial charge in [0, 0.05) is 31.5 Å². The van der Waals surface area contributed by atoms with E-state index in [1.807, 2.05) is 6.92 Å². The molecule has 0 radical (unpaired) electrons. The molecular formula is C10H20N2O2. The van der Waals surface area contributed by atoms with E-state index in [9.17, 15) is 4.79 Å². The summed E-state index contributed by atoms with van der Waals surface area (Å²) in [7, 11) is 0. The van der Waals surface area contributed by atoms with Crippen LogP contribution < -0.4 is 11.1 Å². The molecule has 0 spiro atoms. The number of hydrogen-bond donors (Lipinski definition) is 2. The minimum atomic E-state index is -0.0902. The SMILES string of the molecule is CC(CN)C(=O)NCC1CCOC1C. The summed E-state index contributed by atoms with van der Waals surface area (Å²) in [5.41, 5.74) is 5.40. The molecule has 4 heteroatoms. The number of amides is 1. The Morgan fingerprint density at radius 3 is 2.93 bits per heavy atom. The second-order valence-corrected chi connectivity index (χ2v) is 4.01. The van der Waals surface area contributed by atoms with Crippen molar-refractivity contribution in [3.8, 4) is 0 Å². The predicted molar refractivity (Wildman–Crippen MR) is 54.7 cm³/mol. The second-order valence-electron chi connectivity index (χ2n) is 4.01. The molecule has 1 fully saturated rings. The van der Waals surface area contributed by atoms with Gasteiger partial charge in [-0.3, -0.25) is 4.79 Å². The van der Waals surface area contributed by atoms with Crippen LogP contribution in [0.1, 0.15) is 20.3 Å². The quantitative estimate of drug-likeness (QED) is 0.677. The predicted octanol–water partition coefficient (Wildman–Crippen LogP) is 0.122. The highest BCUT2D eigenvalue weighted by molar-refractivity contribution is 5.78. The molecule has 0 bridgehead atoms. The number of nitrogens with one attached hydrogen (secondary N) is 1. The monoisotopic (exact) mass is 200 g/mol. The Kier molecular flexibility index (Phi) is 4.35. The molecule has 1 aliphatic heterocycles. The standard InChI is InChI=1S/C10H20N2O2/c1-7(5-11)10(13)12-6-9-3-4-14-8(9)2/h7-9H,3-6,11H2,1-2H3,(H,12,13). The van der Waals surface area contributed by atoms with Gasteiger partial charge in [0.05, 0.1) is 6.10 Å². The van der Waals surface area contributed by atoms with E-state index in [1.54, 1.807) is 0 Å². The third-order valence-electron chi connectivity index (χ3n) is 2.87. The van der Waals surface area contributed by atoms with E-state index in [1.165, 1.54) is 0 Å². The van der Waals surface area contributed by atoms with Crippen LogP contribution in [0.15, 0.2) is 0 Å². The van der Waals surface area contributed by atoms with E-state index in [2.05, 4.69) is 12.2 Å². The molecule has 0 saturated carbocycles. The smallest absolute Gasteiger partial charge is 0.224 e. The van der Waals surface area contributed by atoms with Crippen molar-refractivity contribution >= 4 is 5.91 Å². The van der Waals surface area contributed by atoms with Crippen LogP contribution in [0.4, 0.5) is 0 Å². The van der Waals surface area contributed by atoms with Crippen molar-refractivity contribution in [3.63, 3.8) is 0 Å². The number of carbonyl (C=O) groups excluding carboxylic acids is 1. The summed E-state index contributed by atoms with van der Waals surface area (Å²) >= 11 is 0. The van der Waals surface area contributed by atoms with Gasteiger partial charge in [0.2, 0.25) is 5.91 Å². The van der Waals surface area contributed by atoms with Crippen LogP contribution in [-0.2, 0) is 9.53 Å². The van der Waals surface area contributed by atoms with Gasteiger partial charge in [0.15, 0.2) is 0 Å². The molecule has 1 saturated heterocycles. The minimum Gasteiger partial charge on any atom is -0.378 e. The van der Waals surface area contributed by atoms with E-state index in [0.717, 1.165) is 13.0 Å². The average Bonchev–Trinajstić information content (AvgIpc) is 2.59. The van der Waals surface area contributed by atoms with Crippen molar-refractivity contribution in [2.24, 2.45) is 17.6 Å². The number of nitrogens with two attached hydrogens (primary N) is 1. The molecule has 1 heterocycles. The van der Waals surface area contributed by atoms with Gasteiger partial charge >= 0.3 is 0 Å². The number of rotatable bonds is 4. The first-order chi connectivity index (χ1) is 6.65. The van der Waals surface area contributed by atoms with Crippen molar-refractivity contribution in [2.75, 3.05) is 19.7 Å². The van der Waals surface area contributed by atoms with Gasteiger partial charge in [-0.2, -0.15) is 0 Å². The van der Waals surface area contributed by atoms with Crippen LogP contribution >= 0.6 is 0 Å². The highest BCUT2D eigenvalue weighted by Gasteiger charge is 2.24. The van der Waals surface area contributed by atoms with Crippen LogP contribution in [0.5, 0.6) is 0 Å². The molecular weight excluding hydrogens is 180 g/mol. The summed E-state index contributed by atoms with van der Waals surface area (Å²) < 4.78 is 5.41. The summed E-state index contributed by atoms with van der Waals surface area (Å²) in [6, 6.07) is 0. The van der Waals surface area contributed by atoms with Crippen molar-refractivity contribution in [2.45, 2.75) is 26.4 Å². The van der Waals surface area contributed by atoms with E-state index in [0.29, 0.717) is 19.0 Å². The lowest BCUT2D eigenvalue weighted by atomic mass is 10.0. The second kappa shape index (κ2) is 5.32. The fourth-order valence-corrected chi connectivity index (χ4v) is 1.56. The Morgan fingerprint density at radius 2 is 2.43 bits per heavy atom. The maximum absolute atomic E-state index is 11.4. The molecule has 0 aliphatic carbocycles. The van der Waals surface area contributed by atoms with Crippen LogP contribution in [-0.4, -0.2) is 31.7 Å². The lowest BCUT2D eigenvalue weighted by Crippen LogP contribution is -2.37. The molecule has 3 unspecified atom stereocenters. The molecule has 1 amide bonds. The van der Waals surface area contributed by atoms with E-state index < -0.39 is 0 Å². The third kappa shape index (κ3) is 2.96. The summed E-state index contributed by atoms with van der Waals surface area (Å²) in [4.78, 5) is 11.4. The molecule has 3 N–H and O–H groups in total. The maximum atomic E-state index is 11.4. The third-order valence-corrected chi connectivity index (χ3v) is 2.87. The van der Waals surface area contributed by atoms with Crippen LogP contribution in [0, 0.1) is 11.8 Å². The first-order valence-electron chi connectivity index (χ1n) is 5.24. The largest absolute Gasteiger partial charge is 0.378 e. The molecule has 82 valence electrons. The number of carbonyl (C=O) groups is 1. The van der Waals surface area contributed by atoms with Crippen molar-refractivity contribution in [1.29, 1.82) is 0 Å². The summed E-state index contributed by atoms with van der Waals surface area (Å²) in [5, 5.41) is 2.91. The Morgan fingerprint density at radius 1 is 1.71 bits per heavy atom. The zero-order valence-electron chi connectivity index (χ0n) is 8.95. The minimum absolute atomic E-state index is 0.0478. The van der Waals surface area contributed by atoms with Gasteiger partial charge in [-0.1, -0.05) is 6.92 Å². The Bertz CT molecular complexity index is 197. The lowest BCUT2D eigenvalue weighted by molar-refractivity contribution is -0.124. The van der Waals surface area contributed by atoms with Gasteiger partial charge in [-0.05, 0) is 13.3 Å². The van der Waals surface area contributed by atoms with Crippen molar-refractivity contribution in [1.82, 2.24) is 5.32 Å². The first kappa shape index (κ1) is 11.5. The van der Waals surface area contributed by atoms with Gasteiger partial charge in [-0.25, -0.2) is 0 Å². The molecule has 1 aliphatic rings. The van der Waals surface area contributed by atoms with E-state index in [4.69, 9.17) is 10.5 Å². The Labute approximate surface area is 85.2 Å². The zero-order valence-corrected chi connectivity index (χ0v) is 8.95. The normalized spacial score (nSPS) is 28.8. The fourth-order valence-electron chi connectivity index (χ4n) is 1.56. The van der Waals surface area contributed by atoms with Crippen LogP contribution in [0.25, 0.3) is 0 Å². The molecule has 0 aromatic heterocycles. The Hall–Kier alpha value is -0.610. The molecule has 1 rings (SSSR count). The highest BCUT2D eigenvalue weighted by atomic mass is 16.5. The molecule has 14 heavy (non-hydrogen) atoms. The van der Waals surface area contributed by atoms with Crippen LogP contribution in [0.3, 0.4) is 0 Å². The fraction of sp³-hybridized carbons (Fsp3) is 0.900. The van der Waals surface area contributed by atoms with E-state index >= 15 is 0 Å². The summed E-state index contributed by atoms with van der Waals surface area (Å²) in [5.74, 6) is 0.420. The van der Waals surface area contributed by atoms with Gasteiger partial charge in [0.25, 0.3) is 0 Å². The van der Waals surface area contributed by atoms with Crippen molar-refractivity contribution < 1.29 is 9.53 Å².